The maximum atomic E-state index is 11.4. The predicted molar refractivity (Wildman–Crippen MR) is 59.9 cm³/mol. The Morgan fingerprint density at radius 3 is 2.21 bits per heavy atom. The molecule has 0 bridgehead atoms. The molecule has 0 fully saturated rings. The van der Waals surface area contributed by atoms with Gasteiger partial charge in [-0.25, -0.2) is 0 Å². The summed E-state index contributed by atoms with van der Waals surface area (Å²) in [6, 6.07) is 0. The van der Waals surface area contributed by atoms with Gasteiger partial charge >= 0.3 is 0 Å². The normalized spacial score (nSPS) is 13.0. The highest BCUT2D eigenvalue weighted by Gasteiger charge is 2.14. The summed E-state index contributed by atoms with van der Waals surface area (Å²) in [5.74, 6) is 1.42. The summed E-state index contributed by atoms with van der Waals surface area (Å²) in [5.41, 5.74) is 5.54. The molecule has 1 unspecified atom stereocenters. The van der Waals surface area contributed by atoms with E-state index in [0.29, 0.717) is 18.3 Å². The standard InChI is InChI=1S/C11H24N2O/c1-9(2)10(7-8-12)5-6-11(14)13(3)4/h9-10H,5-8,12H2,1-4H3. The molecule has 0 radical (unpaired) electrons. The minimum absolute atomic E-state index is 0.215. The summed E-state index contributed by atoms with van der Waals surface area (Å²) in [6.07, 6.45) is 2.64. The molecule has 14 heavy (non-hydrogen) atoms. The molecule has 0 spiro atoms. The zero-order valence-electron chi connectivity index (χ0n) is 9.92. The minimum Gasteiger partial charge on any atom is -0.349 e. The largest absolute Gasteiger partial charge is 0.349 e. The van der Waals surface area contributed by atoms with Crippen molar-refractivity contribution in [2.45, 2.75) is 33.1 Å². The van der Waals surface area contributed by atoms with Crippen molar-refractivity contribution in [3.63, 3.8) is 0 Å². The van der Waals surface area contributed by atoms with Gasteiger partial charge in [0.2, 0.25) is 5.91 Å². The molecule has 0 aliphatic heterocycles. The molecule has 0 saturated carbocycles. The molecule has 3 nitrogen and oxygen atoms in total. The summed E-state index contributed by atoms with van der Waals surface area (Å²) < 4.78 is 0. The van der Waals surface area contributed by atoms with Gasteiger partial charge < -0.3 is 10.6 Å². The van der Waals surface area contributed by atoms with Crippen LogP contribution in [0.3, 0.4) is 0 Å². The number of rotatable bonds is 6. The van der Waals surface area contributed by atoms with Crippen molar-refractivity contribution >= 4 is 5.91 Å². The Labute approximate surface area is 87.6 Å². The van der Waals surface area contributed by atoms with Crippen molar-refractivity contribution in [1.82, 2.24) is 4.90 Å². The van der Waals surface area contributed by atoms with Crippen LogP contribution in [0.25, 0.3) is 0 Å². The molecule has 0 aliphatic rings. The molecule has 0 saturated heterocycles. The fourth-order valence-corrected chi connectivity index (χ4v) is 1.56. The Balaban J connectivity index is 3.87. The smallest absolute Gasteiger partial charge is 0.222 e. The van der Waals surface area contributed by atoms with Crippen molar-refractivity contribution in [3.8, 4) is 0 Å². The fourth-order valence-electron chi connectivity index (χ4n) is 1.56. The van der Waals surface area contributed by atoms with Crippen molar-refractivity contribution < 1.29 is 4.79 Å². The lowest BCUT2D eigenvalue weighted by molar-refractivity contribution is -0.129. The van der Waals surface area contributed by atoms with Crippen LogP contribution in [0.4, 0.5) is 0 Å². The number of carbonyl (C=O) groups excluding carboxylic acids is 1. The summed E-state index contributed by atoms with van der Waals surface area (Å²) >= 11 is 0. The average Bonchev–Trinajstić information content (AvgIpc) is 2.10. The van der Waals surface area contributed by atoms with Gasteiger partial charge in [-0.05, 0) is 31.2 Å². The molecule has 3 heteroatoms. The number of hydrogen-bond donors (Lipinski definition) is 1. The van der Waals surface area contributed by atoms with Gasteiger partial charge in [0.15, 0.2) is 0 Å². The molecule has 0 aromatic heterocycles. The van der Waals surface area contributed by atoms with Crippen LogP contribution < -0.4 is 5.73 Å². The van der Waals surface area contributed by atoms with Gasteiger partial charge in [-0.1, -0.05) is 13.8 Å². The Morgan fingerprint density at radius 2 is 1.86 bits per heavy atom. The van der Waals surface area contributed by atoms with Gasteiger partial charge in [0.05, 0.1) is 0 Å². The molecule has 0 aliphatic carbocycles. The van der Waals surface area contributed by atoms with Crippen molar-refractivity contribution in [1.29, 1.82) is 0 Å². The van der Waals surface area contributed by atoms with Crippen molar-refractivity contribution in [2.75, 3.05) is 20.6 Å². The first-order chi connectivity index (χ1) is 6.49. The van der Waals surface area contributed by atoms with Gasteiger partial charge in [-0.3, -0.25) is 4.79 Å². The summed E-state index contributed by atoms with van der Waals surface area (Å²) in [6.45, 7) is 5.11. The Morgan fingerprint density at radius 1 is 1.29 bits per heavy atom. The highest BCUT2D eigenvalue weighted by molar-refractivity contribution is 5.75. The van der Waals surface area contributed by atoms with E-state index in [9.17, 15) is 4.79 Å². The topological polar surface area (TPSA) is 46.3 Å². The zero-order valence-corrected chi connectivity index (χ0v) is 9.92. The van der Waals surface area contributed by atoms with Crippen LogP contribution in [0.15, 0.2) is 0 Å². The predicted octanol–water partition coefficient (Wildman–Crippen LogP) is 1.48. The fraction of sp³-hybridized carbons (Fsp3) is 0.909. The second-order valence-electron chi connectivity index (χ2n) is 4.41. The van der Waals surface area contributed by atoms with Crippen molar-refractivity contribution in [3.05, 3.63) is 0 Å². The highest BCUT2D eigenvalue weighted by atomic mass is 16.2. The first kappa shape index (κ1) is 13.4. The van der Waals surface area contributed by atoms with Crippen LogP contribution in [0, 0.1) is 11.8 Å². The first-order valence-electron chi connectivity index (χ1n) is 5.39. The van der Waals surface area contributed by atoms with E-state index < -0.39 is 0 Å². The molecule has 0 aromatic carbocycles. The molecule has 84 valence electrons. The van der Waals surface area contributed by atoms with Crippen molar-refractivity contribution in [2.24, 2.45) is 17.6 Å². The van der Waals surface area contributed by atoms with E-state index in [1.165, 1.54) is 0 Å². The monoisotopic (exact) mass is 200 g/mol. The second-order valence-corrected chi connectivity index (χ2v) is 4.41. The molecule has 1 amide bonds. The Kier molecular flexibility index (Phi) is 6.54. The third-order valence-electron chi connectivity index (χ3n) is 2.71. The van der Waals surface area contributed by atoms with Gasteiger partial charge in [0.25, 0.3) is 0 Å². The van der Waals surface area contributed by atoms with Gasteiger partial charge in [0.1, 0.15) is 0 Å². The van der Waals surface area contributed by atoms with E-state index in [0.717, 1.165) is 19.4 Å². The number of nitrogens with zero attached hydrogens (tertiary/aromatic N) is 1. The van der Waals surface area contributed by atoms with E-state index in [1.54, 1.807) is 19.0 Å². The molecule has 0 aromatic rings. The van der Waals surface area contributed by atoms with E-state index in [2.05, 4.69) is 13.8 Å². The van der Waals surface area contributed by atoms with Gasteiger partial charge in [-0.15, -0.1) is 0 Å². The molecular formula is C11H24N2O. The lowest BCUT2D eigenvalue weighted by atomic mass is 9.88. The molecule has 2 N–H and O–H groups in total. The number of amides is 1. The maximum Gasteiger partial charge on any atom is 0.222 e. The molecule has 0 heterocycles. The maximum absolute atomic E-state index is 11.4. The summed E-state index contributed by atoms with van der Waals surface area (Å²) in [7, 11) is 3.60. The van der Waals surface area contributed by atoms with Crippen LogP contribution in [-0.2, 0) is 4.79 Å². The Hall–Kier alpha value is -0.570. The van der Waals surface area contributed by atoms with Gasteiger partial charge in [0, 0.05) is 20.5 Å². The third kappa shape index (κ3) is 5.22. The van der Waals surface area contributed by atoms with E-state index >= 15 is 0 Å². The summed E-state index contributed by atoms with van der Waals surface area (Å²) in [5, 5.41) is 0. The first-order valence-corrected chi connectivity index (χ1v) is 5.39. The SMILES string of the molecule is CC(C)C(CCN)CCC(=O)N(C)C. The van der Waals surface area contributed by atoms with E-state index in [-0.39, 0.29) is 5.91 Å². The molecular weight excluding hydrogens is 176 g/mol. The molecule has 1 atom stereocenters. The lowest BCUT2D eigenvalue weighted by Crippen LogP contribution is -2.23. The van der Waals surface area contributed by atoms with E-state index in [4.69, 9.17) is 5.73 Å². The van der Waals surface area contributed by atoms with Crippen LogP contribution in [0.2, 0.25) is 0 Å². The van der Waals surface area contributed by atoms with Gasteiger partial charge in [-0.2, -0.15) is 0 Å². The minimum atomic E-state index is 0.215. The lowest BCUT2D eigenvalue weighted by Gasteiger charge is -2.20. The van der Waals surface area contributed by atoms with Crippen LogP contribution >= 0.6 is 0 Å². The average molecular weight is 200 g/mol. The van der Waals surface area contributed by atoms with Crippen LogP contribution in [-0.4, -0.2) is 31.4 Å². The molecule has 0 rings (SSSR count). The number of nitrogens with two attached hydrogens (primary N) is 1. The number of hydrogen-bond acceptors (Lipinski definition) is 2. The zero-order chi connectivity index (χ0) is 11.1. The van der Waals surface area contributed by atoms with Crippen LogP contribution in [0.1, 0.15) is 33.1 Å². The Bertz CT molecular complexity index is 167. The summed E-state index contributed by atoms with van der Waals surface area (Å²) in [4.78, 5) is 13.0. The highest BCUT2D eigenvalue weighted by Crippen LogP contribution is 2.20. The quantitative estimate of drug-likeness (QED) is 0.706. The van der Waals surface area contributed by atoms with E-state index in [1.807, 2.05) is 0 Å². The third-order valence-corrected chi connectivity index (χ3v) is 2.71. The second kappa shape index (κ2) is 6.82. The van der Waals surface area contributed by atoms with Crippen LogP contribution in [0.5, 0.6) is 0 Å². The number of carbonyl (C=O) groups is 1.